The number of thioether (sulfide) groups is 1. The molecule has 2 heterocycles. The van der Waals surface area contributed by atoms with Crippen LogP contribution in [-0.4, -0.2) is 29.8 Å². The molecular formula is C20H25N3O3S2. The van der Waals surface area contributed by atoms with Crippen molar-refractivity contribution in [3.05, 3.63) is 44.3 Å². The fourth-order valence-corrected chi connectivity index (χ4v) is 4.57. The van der Waals surface area contributed by atoms with Gasteiger partial charge in [-0.25, -0.2) is 4.79 Å². The van der Waals surface area contributed by atoms with E-state index < -0.39 is 11.9 Å². The molecule has 1 aliphatic heterocycles. The lowest BCUT2D eigenvalue weighted by Crippen LogP contribution is -2.41. The van der Waals surface area contributed by atoms with Gasteiger partial charge in [-0.15, -0.1) is 11.3 Å². The predicted molar refractivity (Wildman–Crippen MR) is 113 cm³/mol. The number of carbonyl (C=O) groups is 2. The van der Waals surface area contributed by atoms with Gasteiger partial charge in [-0.05, 0) is 46.1 Å². The molecule has 0 fully saturated rings. The van der Waals surface area contributed by atoms with Crippen LogP contribution in [-0.2, 0) is 14.3 Å². The number of ether oxygens (including phenoxy) is 1. The number of esters is 1. The SMILES string of the molecule is CCOC(=O)C1=C(C)NC(SCC(=O)NC(C)(C)C)=C(C#N)[C@H]1c1cccs1. The fraction of sp³-hybridized carbons (Fsp3) is 0.450. The predicted octanol–water partition coefficient (Wildman–Crippen LogP) is 3.66. The zero-order valence-corrected chi connectivity index (χ0v) is 18.3. The Morgan fingerprint density at radius 1 is 1.43 bits per heavy atom. The van der Waals surface area contributed by atoms with E-state index in [0.717, 1.165) is 4.88 Å². The highest BCUT2D eigenvalue weighted by atomic mass is 32.2. The quantitative estimate of drug-likeness (QED) is 0.684. The van der Waals surface area contributed by atoms with Crippen molar-refractivity contribution in [1.82, 2.24) is 10.6 Å². The third-order valence-electron chi connectivity index (χ3n) is 3.83. The average molecular weight is 420 g/mol. The summed E-state index contributed by atoms with van der Waals surface area (Å²) in [5.74, 6) is -0.884. The van der Waals surface area contributed by atoms with Crippen LogP contribution in [0.15, 0.2) is 39.4 Å². The van der Waals surface area contributed by atoms with Crippen LogP contribution in [0.5, 0.6) is 0 Å². The molecule has 1 aliphatic rings. The molecule has 0 bridgehead atoms. The molecule has 0 unspecified atom stereocenters. The normalized spacial score (nSPS) is 17.1. The first kappa shape index (κ1) is 22.1. The summed E-state index contributed by atoms with van der Waals surface area (Å²) in [4.78, 5) is 25.7. The fourth-order valence-electron chi connectivity index (χ4n) is 2.84. The van der Waals surface area contributed by atoms with Crippen molar-refractivity contribution in [3.8, 4) is 6.07 Å². The van der Waals surface area contributed by atoms with Gasteiger partial charge >= 0.3 is 5.97 Å². The van der Waals surface area contributed by atoms with Crippen LogP contribution in [0.4, 0.5) is 0 Å². The van der Waals surface area contributed by atoms with Gasteiger partial charge in [-0.3, -0.25) is 4.79 Å². The van der Waals surface area contributed by atoms with Crippen molar-refractivity contribution >= 4 is 35.0 Å². The van der Waals surface area contributed by atoms with E-state index in [-0.39, 0.29) is 23.8 Å². The first-order chi connectivity index (χ1) is 13.2. The van der Waals surface area contributed by atoms with Gasteiger partial charge in [0.1, 0.15) is 0 Å². The molecule has 6 nitrogen and oxygen atoms in total. The Hall–Kier alpha value is -2.24. The Morgan fingerprint density at radius 3 is 2.68 bits per heavy atom. The van der Waals surface area contributed by atoms with E-state index in [1.54, 1.807) is 13.8 Å². The Balaban J connectivity index is 2.36. The second-order valence-electron chi connectivity index (χ2n) is 7.27. The smallest absolute Gasteiger partial charge is 0.336 e. The number of allylic oxidation sites excluding steroid dienone is 2. The third-order valence-corrected chi connectivity index (χ3v) is 5.79. The molecular weight excluding hydrogens is 394 g/mol. The van der Waals surface area contributed by atoms with Gasteiger partial charge in [0.2, 0.25) is 5.91 Å². The van der Waals surface area contributed by atoms with Crippen molar-refractivity contribution in [2.24, 2.45) is 0 Å². The highest BCUT2D eigenvalue weighted by Gasteiger charge is 2.36. The maximum Gasteiger partial charge on any atom is 0.336 e. The number of amides is 1. The van der Waals surface area contributed by atoms with E-state index in [9.17, 15) is 14.9 Å². The van der Waals surface area contributed by atoms with Crippen LogP contribution < -0.4 is 10.6 Å². The Morgan fingerprint density at radius 2 is 2.14 bits per heavy atom. The summed E-state index contributed by atoms with van der Waals surface area (Å²) in [6, 6.07) is 6.03. The van der Waals surface area contributed by atoms with Crippen molar-refractivity contribution < 1.29 is 14.3 Å². The highest BCUT2D eigenvalue weighted by molar-refractivity contribution is 8.03. The Kier molecular flexibility index (Phi) is 7.33. The van der Waals surface area contributed by atoms with E-state index in [0.29, 0.717) is 21.9 Å². The lowest BCUT2D eigenvalue weighted by atomic mass is 9.87. The molecule has 0 spiro atoms. The second-order valence-corrected chi connectivity index (χ2v) is 9.24. The number of nitriles is 1. The molecule has 1 amide bonds. The van der Waals surface area contributed by atoms with E-state index >= 15 is 0 Å². The Labute approximate surface area is 174 Å². The number of nitrogens with zero attached hydrogens (tertiary/aromatic N) is 1. The molecule has 1 atom stereocenters. The zero-order valence-electron chi connectivity index (χ0n) is 16.7. The summed E-state index contributed by atoms with van der Waals surface area (Å²) in [6.07, 6.45) is 0. The second kappa shape index (κ2) is 9.30. The number of nitrogens with one attached hydrogen (secondary N) is 2. The number of rotatable bonds is 6. The molecule has 8 heteroatoms. The maximum atomic E-state index is 12.6. The number of hydrogen-bond donors (Lipinski definition) is 2. The number of thiophene rings is 1. The van der Waals surface area contributed by atoms with Gasteiger partial charge in [0.15, 0.2) is 0 Å². The monoisotopic (exact) mass is 419 g/mol. The summed E-state index contributed by atoms with van der Waals surface area (Å²) in [7, 11) is 0. The van der Waals surface area contributed by atoms with Gasteiger partial charge in [0.25, 0.3) is 0 Å². The van der Waals surface area contributed by atoms with E-state index in [2.05, 4.69) is 16.7 Å². The van der Waals surface area contributed by atoms with Gasteiger partial charge < -0.3 is 15.4 Å². The third kappa shape index (κ3) is 5.40. The topological polar surface area (TPSA) is 91.2 Å². The van der Waals surface area contributed by atoms with Gasteiger partial charge in [0, 0.05) is 16.1 Å². The van der Waals surface area contributed by atoms with E-state index in [1.165, 1.54) is 23.1 Å². The summed E-state index contributed by atoms with van der Waals surface area (Å²) >= 11 is 2.74. The van der Waals surface area contributed by atoms with Gasteiger partial charge in [-0.2, -0.15) is 5.26 Å². The molecule has 28 heavy (non-hydrogen) atoms. The number of dihydropyridines is 1. The van der Waals surface area contributed by atoms with E-state index in [4.69, 9.17) is 4.74 Å². The van der Waals surface area contributed by atoms with Crippen LogP contribution in [0.1, 0.15) is 45.4 Å². The molecule has 1 aromatic heterocycles. The lowest BCUT2D eigenvalue weighted by molar-refractivity contribution is -0.138. The van der Waals surface area contributed by atoms with Crippen LogP contribution >= 0.6 is 23.1 Å². The molecule has 0 radical (unpaired) electrons. The summed E-state index contributed by atoms with van der Waals surface area (Å²) < 4.78 is 5.23. The first-order valence-corrected chi connectivity index (χ1v) is 10.8. The lowest BCUT2D eigenvalue weighted by Gasteiger charge is -2.28. The minimum atomic E-state index is -0.501. The van der Waals surface area contributed by atoms with Crippen molar-refractivity contribution in [2.45, 2.75) is 46.1 Å². The van der Waals surface area contributed by atoms with Crippen LogP contribution in [0, 0.1) is 11.3 Å². The largest absolute Gasteiger partial charge is 0.463 e. The molecule has 2 N–H and O–H groups in total. The molecule has 0 saturated heterocycles. The summed E-state index contributed by atoms with van der Waals surface area (Å²) in [5.41, 5.74) is 1.17. The van der Waals surface area contributed by atoms with Gasteiger partial charge in [0.05, 0.1) is 40.5 Å². The number of hydrogen-bond acceptors (Lipinski definition) is 7. The molecule has 150 valence electrons. The summed E-state index contributed by atoms with van der Waals surface area (Å²) in [6.45, 7) is 9.54. The standard InChI is InChI=1S/C20H25N3O3S2/c1-6-26-19(25)16-12(2)22-18(28-11-15(24)23-20(3,4)5)13(10-21)17(16)14-8-7-9-27-14/h7-9,17,22H,6,11H2,1-5H3,(H,23,24)/t17-/m0/s1. The summed E-state index contributed by atoms with van der Waals surface area (Å²) in [5, 5.41) is 18.4. The minimum Gasteiger partial charge on any atom is -0.463 e. The van der Waals surface area contributed by atoms with Gasteiger partial charge in [-0.1, -0.05) is 17.8 Å². The minimum absolute atomic E-state index is 0.116. The highest BCUT2D eigenvalue weighted by Crippen LogP contribution is 2.42. The van der Waals surface area contributed by atoms with Crippen LogP contribution in [0.25, 0.3) is 0 Å². The number of carbonyl (C=O) groups excluding carboxylic acids is 2. The molecule has 0 aromatic carbocycles. The Bertz CT molecular complexity index is 843. The first-order valence-electron chi connectivity index (χ1n) is 8.94. The molecule has 0 saturated carbocycles. The van der Waals surface area contributed by atoms with Crippen molar-refractivity contribution in [2.75, 3.05) is 12.4 Å². The van der Waals surface area contributed by atoms with Crippen molar-refractivity contribution in [1.29, 1.82) is 5.26 Å². The maximum absolute atomic E-state index is 12.6. The molecule has 2 rings (SSSR count). The van der Waals surface area contributed by atoms with Crippen molar-refractivity contribution in [3.63, 3.8) is 0 Å². The van der Waals surface area contributed by atoms with Crippen LogP contribution in [0.2, 0.25) is 0 Å². The molecule has 0 aliphatic carbocycles. The average Bonchev–Trinajstić information content (AvgIpc) is 3.12. The zero-order chi connectivity index (χ0) is 20.9. The van der Waals surface area contributed by atoms with E-state index in [1.807, 2.05) is 38.3 Å². The van der Waals surface area contributed by atoms with Crippen LogP contribution in [0.3, 0.4) is 0 Å². The molecule has 1 aromatic rings.